The fourth-order valence-corrected chi connectivity index (χ4v) is 3.41. The number of hydrogen-bond acceptors (Lipinski definition) is 4. The van der Waals surface area contributed by atoms with E-state index in [-0.39, 0.29) is 18.2 Å². The summed E-state index contributed by atoms with van der Waals surface area (Å²) in [5.41, 5.74) is -0.219. The summed E-state index contributed by atoms with van der Waals surface area (Å²) in [4.78, 5) is 26.9. The zero-order valence-corrected chi connectivity index (χ0v) is 17.7. The lowest BCUT2D eigenvalue weighted by atomic mass is 10.1. The summed E-state index contributed by atoms with van der Waals surface area (Å²) in [5.74, 6) is -5.34. The number of para-hydroxylation sites is 1. The van der Waals surface area contributed by atoms with E-state index in [1.165, 1.54) is 4.90 Å². The maximum absolute atomic E-state index is 13.9. The van der Waals surface area contributed by atoms with Crippen LogP contribution in [-0.2, 0) is 9.53 Å². The molecule has 1 unspecified atom stereocenters. The highest BCUT2D eigenvalue weighted by Crippen LogP contribution is 2.23. The summed E-state index contributed by atoms with van der Waals surface area (Å²) in [6, 6.07) is 8.33. The van der Waals surface area contributed by atoms with Crippen molar-refractivity contribution in [3.8, 4) is 5.75 Å². The second kappa shape index (κ2) is 11.0. The van der Waals surface area contributed by atoms with Gasteiger partial charge in [-0.1, -0.05) is 19.1 Å². The summed E-state index contributed by atoms with van der Waals surface area (Å²) >= 11 is 0. The Morgan fingerprint density at radius 2 is 1.94 bits per heavy atom. The first kappa shape index (κ1) is 23.6. The molecule has 1 fully saturated rings. The highest BCUT2D eigenvalue weighted by molar-refractivity contribution is 6.01. The van der Waals surface area contributed by atoms with E-state index in [4.69, 9.17) is 9.47 Å². The van der Waals surface area contributed by atoms with Crippen molar-refractivity contribution in [2.75, 3.05) is 31.6 Å². The van der Waals surface area contributed by atoms with Crippen molar-refractivity contribution in [2.45, 2.75) is 32.3 Å². The van der Waals surface area contributed by atoms with Gasteiger partial charge in [0.25, 0.3) is 5.91 Å². The minimum absolute atomic E-state index is 0.0262. The molecule has 0 bridgehead atoms. The molecular formula is C23H25F3N2O4. The molecule has 32 heavy (non-hydrogen) atoms. The van der Waals surface area contributed by atoms with E-state index in [9.17, 15) is 22.8 Å². The molecule has 0 saturated carbocycles. The topological polar surface area (TPSA) is 67.9 Å². The quantitative estimate of drug-likeness (QED) is 0.583. The summed E-state index contributed by atoms with van der Waals surface area (Å²) in [5, 5.41) is 2.19. The Kier molecular flexibility index (Phi) is 8.10. The highest BCUT2D eigenvalue weighted by Gasteiger charge is 2.24. The van der Waals surface area contributed by atoms with E-state index < -0.39 is 41.5 Å². The maximum Gasteiger partial charge on any atom is 0.258 e. The second-order valence-corrected chi connectivity index (χ2v) is 7.44. The largest absolute Gasteiger partial charge is 0.490 e. The van der Waals surface area contributed by atoms with E-state index in [1.54, 1.807) is 24.3 Å². The fourth-order valence-electron chi connectivity index (χ4n) is 3.41. The first-order chi connectivity index (χ1) is 15.4. The first-order valence-electron chi connectivity index (χ1n) is 10.5. The van der Waals surface area contributed by atoms with E-state index >= 15 is 0 Å². The number of carbonyl (C=O) groups is 2. The van der Waals surface area contributed by atoms with Crippen molar-refractivity contribution < 1.29 is 32.2 Å². The van der Waals surface area contributed by atoms with Crippen molar-refractivity contribution in [1.82, 2.24) is 4.90 Å². The monoisotopic (exact) mass is 450 g/mol. The van der Waals surface area contributed by atoms with Gasteiger partial charge in [-0.05, 0) is 43.5 Å². The van der Waals surface area contributed by atoms with Crippen molar-refractivity contribution in [3.63, 3.8) is 0 Å². The fraction of sp³-hybridized carbons (Fsp3) is 0.391. The van der Waals surface area contributed by atoms with Gasteiger partial charge in [-0.25, -0.2) is 13.2 Å². The molecule has 2 aromatic carbocycles. The van der Waals surface area contributed by atoms with Gasteiger partial charge in [0, 0.05) is 13.2 Å². The molecule has 1 heterocycles. The third-order valence-corrected chi connectivity index (χ3v) is 4.99. The average molecular weight is 450 g/mol. The Morgan fingerprint density at radius 3 is 2.66 bits per heavy atom. The van der Waals surface area contributed by atoms with Gasteiger partial charge in [0.1, 0.15) is 18.9 Å². The number of nitrogens with zero attached hydrogens (tertiary/aromatic N) is 1. The van der Waals surface area contributed by atoms with Crippen LogP contribution in [0.2, 0.25) is 0 Å². The van der Waals surface area contributed by atoms with Crippen LogP contribution < -0.4 is 10.1 Å². The van der Waals surface area contributed by atoms with Crippen LogP contribution in [0.3, 0.4) is 0 Å². The molecule has 3 rings (SSSR count). The number of amides is 2. The lowest BCUT2D eigenvalue weighted by Crippen LogP contribution is -2.39. The predicted octanol–water partition coefficient (Wildman–Crippen LogP) is 4.15. The number of carbonyl (C=O) groups excluding carboxylic acids is 2. The van der Waals surface area contributed by atoms with Gasteiger partial charge in [-0.15, -0.1) is 0 Å². The number of hydrogen-bond donors (Lipinski definition) is 1. The standard InChI is InChI=1S/C23H25F3N2O4/c1-2-11-28(13-20(29)27-18-10-9-17(24)21(25)22(18)26)23(30)16-7-3-4-8-19(16)32-14-15-6-5-12-31-15/h3-4,7-10,15H,2,5-6,11-14H2,1H3,(H,27,29). The minimum atomic E-state index is -1.68. The maximum atomic E-state index is 13.9. The Labute approximate surface area is 184 Å². The van der Waals surface area contributed by atoms with Gasteiger partial charge < -0.3 is 19.7 Å². The molecule has 0 radical (unpaired) electrons. The van der Waals surface area contributed by atoms with Gasteiger partial charge in [-0.3, -0.25) is 9.59 Å². The molecule has 1 aliphatic rings. The number of benzene rings is 2. The third-order valence-electron chi connectivity index (χ3n) is 4.99. The third kappa shape index (κ3) is 5.79. The van der Waals surface area contributed by atoms with Crippen molar-refractivity contribution >= 4 is 17.5 Å². The number of halogens is 3. The zero-order chi connectivity index (χ0) is 23.1. The van der Waals surface area contributed by atoms with Crippen LogP contribution in [-0.4, -0.2) is 49.1 Å². The molecular weight excluding hydrogens is 425 g/mol. The van der Waals surface area contributed by atoms with Gasteiger partial charge in [0.2, 0.25) is 5.91 Å². The molecule has 1 N–H and O–H groups in total. The lowest BCUT2D eigenvalue weighted by molar-refractivity contribution is -0.116. The summed E-state index contributed by atoms with van der Waals surface area (Å²) in [6.45, 7) is 2.70. The molecule has 6 nitrogen and oxygen atoms in total. The zero-order valence-electron chi connectivity index (χ0n) is 17.7. The molecule has 1 atom stereocenters. The summed E-state index contributed by atoms with van der Waals surface area (Å²) < 4.78 is 51.7. The van der Waals surface area contributed by atoms with Crippen LogP contribution in [0, 0.1) is 17.5 Å². The van der Waals surface area contributed by atoms with Gasteiger partial charge in [-0.2, -0.15) is 0 Å². The van der Waals surface area contributed by atoms with Crippen LogP contribution >= 0.6 is 0 Å². The average Bonchev–Trinajstić information content (AvgIpc) is 3.31. The van der Waals surface area contributed by atoms with E-state index in [0.717, 1.165) is 18.9 Å². The van der Waals surface area contributed by atoms with Gasteiger partial charge >= 0.3 is 0 Å². The van der Waals surface area contributed by atoms with Crippen LogP contribution in [0.4, 0.5) is 18.9 Å². The van der Waals surface area contributed by atoms with E-state index in [0.29, 0.717) is 31.5 Å². The summed E-state index contributed by atoms with van der Waals surface area (Å²) in [7, 11) is 0. The predicted molar refractivity (Wildman–Crippen MR) is 112 cm³/mol. The molecule has 1 aliphatic heterocycles. The SMILES string of the molecule is CCCN(CC(=O)Nc1ccc(F)c(F)c1F)C(=O)c1ccccc1OCC1CCCO1. The minimum Gasteiger partial charge on any atom is -0.490 e. The van der Waals surface area contributed by atoms with Crippen molar-refractivity contribution in [1.29, 1.82) is 0 Å². The van der Waals surface area contributed by atoms with Crippen molar-refractivity contribution in [2.24, 2.45) is 0 Å². The molecule has 1 saturated heterocycles. The Bertz CT molecular complexity index is 964. The van der Waals surface area contributed by atoms with Crippen LogP contribution in [0.1, 0.15) is 36.5 Å². The van der Waals surface area contributed by atoms with Crippen LogP contribution in [0.15, 0.2) is 36.4 Å². The molecule has 172 valence electrons. The van der Waals surface area contributed by atoms with Gasteiger partial charge in [0.05, 0.1) is 17.4 Å². The second-order valence-electron chi connectivity index (χ2n) is 7.44. The number of ether oxygens (including phenoxy) is 2. The molecule has 0 aromatic heterocycles. The van der Waals surface area contributed by atoms with Crippen LogP contribution in [0.5, 0.6) is 5.75 Å². The van der Waals surface area contributed by atoms with E-state index in [1.807, 2.05) is 6.92 Å². The normalized spacial score (nSPS) is 15.4. The Morgan fingerprint density at radius 1 is 1.16 bits per heavy atom. The molecule has 9 heteroatoms. The van der Waals surface area contributed by atoms with Gasteiger partial charge in [0.15, 0.2) is 17.5 Å². The molecule has 0 spiro atoms. The molecule has 2 amide bonds. The Balaban J connectivity index is 1.70. The number of rotatable bonds is 9. The molecule has 0 aliphatic carbocycles. The smallest absolute Gasteiger partial charge is 0.258 e. The highest BCUT2D eigenvalue weighted by atomic mass is 19.2. The number of nitrogens with one attached hydrogen (secondary N) is 1. The van der Waals surface area contributed by atoms with E-state index in [2.05, 4.69) is 5.32 Å². The number of anilines is 1. The van der Waals surface area contributed by atoms with Crippen LogP contribution in [0.25, 0.3) is 0 Å². The molecule has 2 aromatic rings. The first-order valence-corrected chi connectivity index (χ1v) is 10.5. The summed E-state index contributed by atoms with van der Waals surface area (Å²) in [6.07, 6.45) is 2.39. The lowest BCUT2D eigenvalue weighted by Gasteiger charge is -2.23. The van der Waals surface area contributed by atoms with Crippen molar-refractivity contribution in [3.05, 3.63) is 59.4 Å². The Hall–Kier alpha value is -3.07.